The quantitative estimate of drug-likeness (QED) is 0.477. The van der Waals surface area contributed by atoms with Crippen LogP contribution < -0.4 is 0 Å². The van der Waals surface area contributed by atoms with Gasteiger partial charge in [-0.05, 0) is 69.3 Å². The van der Waals surface area contributed by atoms with Gasteiger partial charge >= 0.3 is 17.1 Å². The van der Waals surface area contributed by atoms with E-state index in [1.165, 1.54) is 10.8 Å². The van der Waals surface area contributed by atoms with Crippen molar-refractivity contribution in [2.75, 3.05) is 5.75 Å². The first kappa shape index (κ1) is 22.8. The summed E-state index contributed by atoms with van der Waals surface area (Å²) in [5.74, 6) is 1.59. The molecule has 1 aromatic rings. The first-order chi connectivity index (χ1) is 11.8. The van der Waals surface area contributed by atoms with E-state index in [9.17, 15) is 0 Å². The van der Waals surface area contributed by atoms with Crippen molar-refractivity contribution in [3.63, 3.8) is 0 Å². The van der Waals surface area contributed by atoms with Gasteiger partial charge in [-0.25, -0.2) is 0 Å². The molecule has 2 aliphatic carbocycles. The molecule has 0 N–H and O–H groups in total. The van der Waals surface area contributed by atoms with Crippen molar-refractivity contribution in [1.82, 2.24) is 0 Å². The van der Waals surface area contributed by atoms with E-state index < -0.39 is 0 Å². The van der Waals surface area contributed by atoms with Crippen molar-refractivity contribution < 1.29 is 17.1 Å². The summed E-state index contributed by atoms with van der Waals surface area (Å²) in [6.07, 6.45) is 20.5. The second-order valence-corrected chi connectivity index (χ2v) is 6.99. The topological polar surface area (TPSA) is 12.4 Å². The number of hydrogen-bond donors (Lipinski definition) is 0. The van der Waals surface area contributed by atoms with Crippen LogP contribution in [0.4, 0.5) is 0 Å². The van der Waals surface area contributed by atoms with Crippen LogP contribution in [0.3, 0.4) is 0 Å². The number of thioether (sulfide) groups is 1. The van der Waals surface area contributed by atoms with Crippen molar-refractivity contribution >= 4 is 18.0 Å². The summed E-state index contributed by atoms with van der Waals surface area (Å²) in [5.41, 5.74) is 1.17. The molecule has 0 aromatic heterocycles. The molecule has 2 fully saturated rings. The molecule has 3 rings (SSSR count). The molecule has 0 bridgehead atoms. The summed E-state index contributed by atoms with van der Waals surface area (Å²) in [6.45, 7) is 4.47. The van der Waals surface area contributed by atoms with Gasteiger partial charge < -0.3 is 0 Å². The van der Waals surface area contributed by atoms with E-state index in [-0.39, 0.29) is 17.1 Å². The van der Waals surface area contributed by atoms with Crippen LogP contribution in [-0.4, -0.2) is 18.0 Å². The average molecular weight is 391 g/mol. The minimum atomic E-state index is 0. The summed E-state index contributed by atoms with van der Waals surface area (Å²) >= 11 is 1.88. The summed E-state index contributed by atoms with van der Waals surface area (Å²) in [4.78, 5) is 4.75. The molecule has 25 heavy (non-hydrogen) atoms. The van der Waals surface area contributed by atoms with Crippen molar-refractivity contribution in [2.24, 2.45) is 10.9 Å². The fourth-order valence-corrected chi connectivity index (χ4v) is 3.27. The molecule has 1 aromatic carbocycles. The zero-order valence-corrected chi connectivity index (χ0v) is 16.7. The average Bonchev–Trinajstić information content (AvgIpc) is 3.32. The maximum Gasteiger partial charge on any atom is 2.00 e. The maximum atomic E-state index is 4.75. The third kappa shape index (κ3) is 9.87. The summed E-state index contributed by atoms with van der Waals surface area (Å²) in [6, 6.07) is 10.7. The van der Waals surface area contributed by atoms with Crippen LogP contribution in [0.15, 0.2) is 35.3 Å². The van der Waals surface area contributed by atoms with Gasteiger partial charge in [-0.1, -0.05) is 44.2 Å². The van der Waals surface area contributed by atoms with Crippen LogP contribution in [0, 0.1) is 69.0 Å². The molecule has 0 aliphatic heterocycles. The molecule has 3 heteroatoms. The predicted octanol–water partition coefficient (Wildman–Crippen LogP) is 5.25. The first-order valence-corrected chi connectivity index (χ1v) is 9.33. The van der Waals surface area contributed by atoms with Gasteiger partial charge in [0.2, 0.25) is 0 Å². The Balaban J connectivity index is 0.000000448. The van der Waals surface area contributed by atoms with Crippen molar-refractivity contribution in [1.29, 1.82) is 0 Å². The van der Waals surface area contributed by atoms with Crippen LogP contribution in [0.5, 0.6) is 0 Å². The Bertz CT molecular complexity index is 443. The molecule has 10 radical (unpaired) electrons. The van der Waals surface area contributed by atoms with Gasteiger partial charge in [0, 0.05) is 17.2 Å². The van der Waals surface area contributed by atoms with E-state index in [4.69, 9.17) is 4.99 Å². The molecule has 1 nitrogen and oxygen atoms in total. The summed E-state index contributed by atoms with van der Waals surface area (Å²) in [7, 11) is 0. The van der Waals surface area contributed by atoms with Crippen LogP contribution >= 0.6 is 11.8 Å². The number of rotatable bonds is 6. The van der Waals surface area contributed by atoms with Gasteiger partial charge in [-0.3, -0.25) is 4.99 Å². The van der Waals surface area contributed by atoms with E-state index in [0.717, 1.165) is 5.75 Å². The van der Waals surface area contributed by atoms with E-state index in [0.29, 0.717) is 12.0 Å². The molecule has 2 aliphatic rings. The van der Waals surface area contributed by atoms with Gasteiger partial charge in [0.05, 0.1) is 6.04 Å². The van der Waals surface area contributed by atoms with Crippen LogP contribution in [0.1, 0.15) is 19.4 Å². The Morgan fingerprint density at radius 3 is 1.96 bits per heavy atom. The van der Waals surface area contributed by atoms with Gasteiger partial charge in [0.25, 0.3) is 0 Å². The number of aliphatic imine (C=N–C) groups is 1. The largest absolute Gasteiger partial charge is 2.00 e. The van der Waals surface area contributed by atoms with E-state index in [2.05, 4.69) is 51.7 Å². The van der Waals surface area contributed by atoms with E-state index >= 15 is 0 Å². The minimum Gasteiger partial charge on any atom is -0.288 e. The Kier molecular flexibility index (Phi) is 12.7. The second-order valence-electron chi connectivity index (χ2n) is 5.89. The third-order valence-electron chi connectivity index (χ3n) is 3.59. The Hall–Kier alpha value is -0.241. The molecule has 2 saturated carbocycles. The molecule has 1 atom stereocenters. The number of hydrogen-bond acceptors (Lipinski definition) is 2. The standard InChI is InChI=1S/C17H20NS.C5H5.Fe/c1-14(2)17(13-19-16-10-6-7-11-16)18-12-15-8-4-3-5-9-15;1-2-4-5-3-1;/h3-12,14,17H,13H2,1-2H3;1-5H;/q;;+2/t17-;;/m1../s1. The Morgan fingerprint density at radius 1 is 0.880 bits per heavy atom. The van der Waals surface area contributed by atoms with Gasteiger partial charge in [-0.2, -0.15) is 11.8 Å². The predicted molar refractivity (Wildman–Crippen MR) is 107 cm³/mol. The Morgan fingerprint density at radius 2 is 1.44 bits per heavy atom. The molecular formula is C22H25FeNS+2. The first-order valence-electron chi connectivity index (χ1n) is 8.35. The van der Waals surface area contributed by atoms with Crippen LogP contribution in [0.25, 0.3) is 0 Å². The zero-order valence-electron chi connectivity index (χ0n) is 14.7. The smallest absolute Gasteiger partial charge is 0.288 e. The molecule has 0 spiro atoms. The van der Waals surface area contributed by atoms with Gasteiger partial charge in [0.15, 0.2) is 0 Å². The minimum absolute atomic E-state index is 0. The maximum absolute atomic E-state index is 4.75. The number of nitrogens with zero attached hydrogens (tertiary/aromatic N) is 1. The zero-order chi connectivity index (χ0) is 17.0. The van der Waals surface area contributed by atoms with E-state index in [1.807, 2.05) is 68.3 Å². The van der Waals surface area contributed by atoms with Gasteiger partial charge in [0.1, 0.15) is 0 Å². The number of benzene rings is 1. The van der Waals surface area contributed by atoms with Gasteiger partial charge in [-0.15, -0.1) is 0 Å². The molecule has 0 saturated heterocycles. The fraction of sp³-hybridized carbons (Fsp3) is 0.227. The monoisotopic (exact) mass is 391 g/mol. The van der Waals surface area contributed by atoms with Crippen molar-refractivity contribution in [2.45, 2.75) is 19.9 Å². The normalized spacial score (nSPS) is 18.8. The molecule has 0 heterocycles. The summed E-state index contributed by atoms with van der Waals surface area (Å²) in [5, 5.41) is 1.33. The fourth-order valence-electron chi connectivity index (χ4n) is 2.08. The molecular weight excluding hydrogens is 366 g/mol. The van der Waals surface area contributed by atoms with Crippen LogP contribution in [0.2, 0.25) is 0 Å². The SMILES string of the molecule is CC(C)[C@@H](CS[C]1[CH][CH][CH][CH]1)N=Cc1ccccc1.[CH]1[CH][CH][CH][CH]1.[Fe+2]. The third-order valence-corrected chi connectivity index (χ3v) is 4.71. The van der Waals surface area contributed by atoms with E-state index in [1.54, 1.807) is 0 Å². The van der Waals surface area contributed by atoms with Crippen molar-refractivity contribution in [3.05, 3.63) is 98.9 Å². The molecule has 0 amide bonds. The summed E-state index contributed by atoms with van der Waals surface area (Å²) < 4.78 is 0. The second kappa shape index (κ2) is 13.9. The van der Waals surface area contributed by atoms with Crippen LogP contribution in [-0.2, 0) is 17.1 Å². The van der Waals surface area contributed by atoms with Crippen molar-refractivity contribution in [3.8, 4) is 0 Å². The molecule has 130 valence electrons. The molecule has 0 unspecified atom stereocenters. The Labute approximate surface area is 170 Å².